The van der Waals surface area contributed by atoms with Crippen LogP contribution >= 0.6 is 0 Å². The monoisotopic (exact) mass is 475 g/mol. The summed E-state index contributed by atoms with van der Waals surface area (Å²) in [6.07, 6.45) is 8.53. The number of halogens is 1. The van der Waals surface area contributed by atoms with Gasteiger partial charge in [-0.05, 0) is 24.6 Å². The van der Waals surface area contributed by atoms with Gasteiger partial charge >= 0.3 is 0 Å². The molecule has 4 aromatic rings. The summed E-state index contributed by atoms with van der Waals surface area (Å²) >= 11 is 0. The van der Waals surface area contributed by atoms with E-state index in [9.17, 15) is 4.39 Å². The summed E-state index contributed by atoms with van der Waals surface area (Å²) < 4.78 is 15.0. The summed E-state index contributed by atoms with van der Waals surface area (Å²) in [6, 6.07) is 6.17. The minimum atomic E-state index is -0.828. The van der Waals surface area contributed by atoms with E-state index in [0.717, 1.165) is 16.8 Å². The van der Waals surface area contributed by atoms with Crippen LogP contribution in [0.3, 0.4) is 0 Å². The molecule has 12 heteroatoms. The lowest BCUT2D eigenvalue weighted by molar-refractivity contribution is 0.585. The van der Waals surface area contributed by atoms with E-state index >= 15 is 0 Å². The second-order valence-corrected chi connectivity index (χ2v) is 8.59. The summed E-state index contributed by atoms with van der Waals surface area (Å²) in [6.45, 7) is 4.73. The largest absolute Gasteiger partial charge is 0.337 e. The Morgan fingerprint density at radius 3 is 2.17 bits per heavy atom. The molecule has 0 radical (unpaired) electrons. The highest BCUT2D eigenvalue weighted by molar-refractivity contribution is 5.51. The molecule has 1 saturated heterocycles. The molecule has 1 aromatic carbocycles. The number of hydrogen-bond donors (Lipinski definition) is 2. The van der Waals surface area contributed by atoms with Gasteiger partial charge in [-0.15, -0.1) is 0 Å². The Morgan fingerprint density at radius 1 is 0.886 bits per heavy atom. The number of benzene rings is 1. The number of nitrogens with zero attached hydrogens (tertiary/aromatic N) is 9. The molecular formula is C23H26FN11. The van der Waals surface area contributed by atoms with Crippen molar-refractivity contribution in [2.75, 3.05) is 41.3 Å². The van der Waals surface area contributed by atoms with E-state index in [4.69, 9.17) is 5.73 Å². The van der Waals surface area contributed by atoms with Gasteiger partial charge in [0, 0.05) is 57.4 Å². The van der Waals surface area contributed by atoms with Crippen molar-refractivity contribution in [3.63, 3.8) is 0 Å². The molecule has 0 spiro atoms. The summed E-state index contributed by atoms with van der Waals surface area (Å²) in [7, 11) is 1.85. The van der Waals surface area contributed by atoms with Crippen molar-refractivity contribution in [2.45, 2.75) is 12.5 Å². The van der Waals surface area contributed by atoms with Crippen molar-refractivity contribution in [2.24, 2.45) is 12.8 Å². The molecule has 11 nitrogen and oxygen atoms in total. The number of piperazine rings is 1. The third-order valence-electron chi connectivity index (χ3n) is 6.05. The fraction of sp³-hybridized carbons (Fsp3) is 0.304. The Balaban J connectivity index is 1.22. The van der Waals surface area contributed by atoms with Gasteiger partial charge in [0.15, 0.2) is 0 Å². The van der Waals surface area contributed by atoms with E-state index in [-0.39, 0.29) is 5.82 Å². The van der Waals surface area contributed by atoms with Gasteiger partial charge in [-0.2, -0.15) is 10.1 Å². The van der Waals surface area contributed by atoms with Crippen LogP contribution in [0.15, 0.2) is 55.4 Å². The number of nitrogens with two attached hydrogens (primary N) is 1. The van der Waals surface area contributed by atoms with Gasteiger partial charge in [0.25, 0.3) is 0 Å². The first kappa shape index (κ1) is 22.6. The van der Waals surface area contributed by atoms with Crippen molar-refractivity contribution >= 4 is 23.5 Å². The fourth-order valence-electron chi connectivity index (χ4n) is 3.94. The van der Waals surface area contributed by atoms with E-state index < -0.39 is 5.54 Å². The molecule has 3 aromatic heterocycles. The van der Waals surface area contributed by atoms with Crippen molar-refractivity contribution < 1.29 is 4.39 Å². The molecule has 3 N–H and O–H groups in total. The molecular weight excluding hydrogens is 449 g/mol. The highest BCUT2D eigenvalue weighted by Gasteiger charge is 2.26. The predicted molar refractivity (Wildman–Crippen MR) is 130 cm³/mol. The van der Waals surface area contributed by atoms with Crippen LogP contribution in [0.2, 0.25) is 0 Å². The predicted octanol–water partition coefficient (Wildman–Crippen LogP) is 1.83. The van der Waals surface area contributed by atoms with E-state index in [2.05, 4.69) is 45.1 Å². The van der Waals surface area contributed by atoms with Gasteiger partial charge in [0.05, 0.1) is 17.4 Å². The highest BCUT2D eigenvalue weighted by atomic mass is 19.1. The molecule has 4 heterocycles. The number of hydrogen-bond acceptors (Lipinski definition) is 10. The van der Waals surface area contributed by atoms with E-state index in [1.165, 1.54) is 18.5 Å². The van der Waals surface area contributed by atoms with Crippen LogP contribution in [0.5, 0.6) is 0 Å². The molecule has 0 saturated carbocycles. The maximum atomic E-state index is 13.3. The van der Waals surface area contributed by atoms with Crippen LogP contribution in [0, 0.1) is 5.82 Å². The van der Waals surface area contributed by atoms with Crippen LogP contribution in [0.4, 0.5) is 27.9 Å². The molecule has 1 aliphatic heterocycles. The van der Waals surface area contributed by atoms with E-state index in [1.807, 2.05) is 20.2 Å². The number of rotatable bonds is 6. The standard InChI is InChI=1S/C23H26FN11/c1-23(25,16-3-5-18(24)6-4-16)17-11-26-21(27-12-17)34-7-9-35(10-8-34)22-29-15-28-20(32-22)31-19-13-30-33(2)14-19/h3-6,11-15H,7-10,25H2,1-2H3,(H,28,29,31,32)/t23-/m0/s1. The van der Waals surface area contributed by atoms with Crippen LogP contribution in [-0.2, 0) is 12.6 Å². The fourth-order valence-corrected chi connectivity index (χ4v) is 3.94. The molecule has 0 amide bonds. The second-order valence-electron chi connectivity index (χ2n) is 8.59. The Labute approximate surface area is 201 Å². The third-order valence-corrected chi connectivity index (χ3v) is 6.05. The first-order valence-electron chi connectivity index (χ1n) is 11.2. The summed E-state index contributed by atoms with van der Waals surface area (Å²) in [5.41, 5.74) is 8.06. The lowest BCUT2D eigenvalue weighted by Gasteiger charge is -2.35. The Hall–Kier alpha value is -4.19. The third kappa shape index (κ3) is 4.87. The number of aromatic nitrogens is 7. The smallest absolute Gasteiger partial charge is 0.232 e. The van der Waals surface area contributed by atoms with Crippen molar-refractivity contribution in [1.82, 2.24) is 34.7 Å². The van der Waals surface area contributed by atoms with Gasteiger partial charge in [0.2, 0.25) is 17.8 Å². The molecule has 180 valence electrons. The Kier molecular flexibility index (Phi) is 5.95. The maximum Gasteiger partial charge on any atom is 0.232 e. The summed E-state index contributed by atoms with van der Waals surface area (Å²) in [5, 5.41) is 7.27. The molecule has 0 bridgehead atoms. The topological polar surface area (TPSA) is 127 Å². The zero-order valence-electron chi connectivity index (χ0n) is 19.5. The Bertz CT molecular complexity index is 1280. The van der Waals surface area contributed by atoms with Crippen LogP contribution in [-0.4, -0.2) is 60.9 Å². The molecule has 35 heavy (non-hydrogen) atoms. The number of aryl methyl sites for hydroxylation is 1. The number of nitrogens with one attached hydrogen (secondary N) is 1. The quantitative estimate of drug-likeness (QED) is 0.426. The van der Waals surface area contributed by atoms with Gasteiger partial charge in [0.1, 0.15) is 12.1 Å². The molecule has 0 aliphatic carbocycles. The van der Waals surface area contributed by atoms with Crippen molar-refractivity contribution in [3.05, 3.63) is 72.3 Å². The van der Waals surface area contributed by atoms with E-state index in [0.29, 0.717) is 44.0 Å². The molecule has 1 aliphatic rings. The zero-order valence-corrected chi connectivity index (χ0v) is 19.5. The summed E-state index contributed by atoms with van der Waals surface area (Å²) in [4.78, 5) is 26.4. The first-order valence-corrected chi connectivity index (χ1v) is 11.2. The van der Waals surface area contributed by atoms with Gasteiger partial charge in [-0.25, -0.2) is 24.3 Å². The van der Waals surface area contributed by atoms with Gasteiger partial charge in [-0.3, -0.25) is 4.68 Å². The highest BCUT2D eigenvalue weighted by Crippen LogP contribution is 2.26. The molecule has 1 fully saturated rings. The van der Waals surface area contributed by atoms with E-state index in [1.54, 1.807) is 35.4 Å². The average Bonchev–Trinajstić information content (AvgIpc) is 3.29. The zero-order chi connectivity index (χ0) is 24.4. The minimum absolute atomic E-state index is 0.298. The van der Waals surface area contributed by atoms with Crippen LogP contribution in [0.1, 0.15) is 18.1 Å². The summed E-state index contributed by atoms with van der Waals surface area (Å²) in [5.74, 6) is 1.42. The lowest BCUT2D eigenvalue weighted by Crippen LogP contribution is -2.47. The average molecular weight is 476 g/mol. The lowest BCUT2D eigenvalue weighted by atomic mass is 9.87. The second kappa shape index (κ2) is 9.22. The van der Waals surface area contributed by atoms with Crippen LogP contribution in [0.25, 0.3) is 0 Å². The SMILES string of the molecule is Cn1cc(Nc2ncnc(N3CCN(c4ncc([C@@](C)(N)c5ccc(F)cc5)cn4)CC3)n2)cn1. The molecule has 0 unspecified atom stereocenters. The first-order chi connectivity index (χ1) is 16.9. The normalized spacial score (nSPS) is 15.7. The van der Waals surface area contributed by atoms with Gasteiger partial charge < -0.3 is 20.9 Å². The van der Waals surface area contributed by atoms with Crippen LogP contribution < -0.4 is 20.9 Å². The van der Waals surface area contributed by atoms with Crippen molar-refractivity contribution in [3.8, 4) is 0 Å². The number of anilines is 4. The Morgan fingerprint density at radius 2 is 1.54 bits per heavy atom. The molecule has 5 rings (SSSR count). The maximum absolute atomic E-state index is 13.3. The van der Waals surface area contributed by atoms with Gasteiger partial charge in [-0.1, -0.05) is 12.1 Å². The molecule has 1 atom stereocenters. The minimum Gasteiger partial charge on any atom is -0.337 e. The van der Waals surface area contributed by atoms with Crippen molar-refractivity contribution in [1.29, 1.82) is 0 Å².